The minimum atomic E-state index is -0.113. The summed E-state index contributed by atoms with van der Waals surface area (Å²) in [7, 11) is 0. The number of hydrogen-bond donors (Lipinski definition) is 1. The smallest absolute Gasteiger partial charge is 0.236 e. The van der Waals surface area contributed by atoms with Gasteiger partial charge in [-0.3, -0.25) is 4.79 Å². The van der Waals surface area contributed by atoms with Crippen molar-refractivity contribution in [3.63, 3.8) is 0 Å². The molecule has 0 unspecified atom stereocenters. The molecule has 0 spiro atoms. The Morgan fingerprint density at radius 1 is 1.06 bits per heavy atom. The normalized spacial score (nSPS) is 16.8. The first kappa shape index (κ1) is 21.9. The van der Waals surface area contributed by atoms with Crippen LogP contribution in [-0.4, -0.2) is 63.5 Å². The Balaban J connectivity index is 1.35. The molecule has 4 heterocycles. The summed E-state index contributed by atoms with van der Waals surface area (Å²) in [6.45, 7) is 7.99. The summed E-state index contributed by atoms with van der Waals surface area (Å²) in [6.07, 6.45) is 0.161. The van der Waals surface area contributed by atoms with Gasteiger partial charge in [0.15, 0.2) is 0 Å². The number of rotatable bonds is 6. The standard InChI is InChI=1S/C24H28N4O4S/c1-17-20(26-24(32-17)22-3-2-14-33-22)16-23(29)25-19-5-4-18(27-6-10-30-11-7-27)15-21(19)28-8-12-31-13-9-28/h2-5,14-15H,6-13,16H2,1H3,(H,25,29). The van der Waals surface area contributed by atoms with Crippen molar-refractivity contribution in [2.75, 3.05) is 67.7 Å². The monoisotopic (exact) mass is 468 g/mol. The predicted molar refractivity (Wildman–Crippen MR) is 129 cm³/mol. The molecule has 2 aliphatic heterocycles. The van der Waals surface area contributed by atoms with Gasteiger partial charge in [0, 0.05) is 31.9 Å². The van der Waals surface area contributed by atoms with Crippen molar-refractivity contribution >= 4 is 34.3 Å². The fourth-order valence-corrected chi connectivity index (χ4v) is 4.80. The molecule has 9 heteroatoms. The van der Waals surface area contributed by atoms with Crippen LogP contribution >= 0.6 is 11.3 Å². The van der Waals surface area contributed by atoms with Gasteiger partial charge in [-0.1, -0.05) is 6.07 Å². The second-order valence-corrected chi connectivity index (χ2v) is 9.07. The number of thiophene rings is 1. The van der Waals surface area contributed by atoms with Crippen LogP contribution in [0, 0.1) is 6.92 Å². The Hall–Kier alpha value is -2.88. The molecule has 2 fully saturated rings. The number of ether oxygens (including phenoxy) is 2. The maximum Gasteiger partial charge on any atom is 0.236 e. The van der Waals surface area contributed by atoms with Gasteiger partial charge < -0.3 is 29.0 Å². The molecule has 0 saturated carbocycles. The summed E-state index contributed by atoms with van der Waals surface area (Å²) in [5.74, 6) is 1.12. The first-order chi connectivity index (χ1) is 16.2. The molecule has 0 radical (unpaired) electrons. The zero-order valence-corrected chi connectivity index (χ0v) is 19.5. The Morgan fingerprint density at radius 2 is 1.79 bits per heavy atom. The van der Waals surface area contributed by atoms with Crippen molar-refractivity contribution < 1.29 is 18.7 Å². The quantitative estimate of drug-likeness (QED) is 0.592. The predicted octanol–water partition coefficient (Wildman–Crippen LogP) is 3.57. The van der Waals surface area contributed by atoms with Crippen molar-refractivity contribution in [2.45, 2.75) is 13.3 Å². The van der Waals surface area contributed by atoms with Gasteiger partial charge in [-0.15, -0.1) is 11.3 Å². The average Bonchev–Trinajstić information content (AvgIpc) is 3.51. The van der Waals surface area contributed by atoms with Gasteiger partial charge >= 0.3 is 0 Å². The van der Waals surface area contributed by atoms with Crippen LogP contribution in [-0.2, 0) is 20.7 Å². The number of morpholine rings is 2. The molecule has 174 valence electrons. The third-order valence-corrected chi connectivity index (χ3v) is 6.79. The number of nitrogens with one attached hydrogen (secondary N) is 1. The number of oxazole rings is 1. The summed E-state index contributed by atoms with van der Waals surface area (Å²) in [5.41, 5.74) is 3.63. The molecule has 2 aromatic heterocycles. The molecular formula is C24H28N4O4S. The van der Waals surface area contributed by atoms with Crippen molar-refractivity contribution in [3.05, 3.63) is 47.2 Å². The maximum absolute atomic E-state index is 13.0. The number of hydrogen-bond acceptors (Lipinski definition) is 8. The first-order valence-corrected chi connectivity index (χ1v) is 12.1. The van der Waals surface area contributed by atoms with Gasteiger partial charge in [-0.2, -0.15) is 0 Å². The molecule has 2 aliphatic rings. The third-order valence-electron chi connectivity index (χ3n) is 5.94. The number of carbonyl (C=O) groups is 1. The third kappa shape index (κ3) is 5.05. The fourth-order valence-electron chi connectivity index (χ4n) is 4.15. The highest BCUT2D eigenvalue weighted by atomic mass is 32.1. The highest BCUT2D eigenvalue weighted by molar-refractivity contribution is 7.13. The molecule has 3 aromatic rings. The zero-order valence-electron chi connectivity index (χ0n) is 18.7. The lowest BCUT2D eigenvalue weighted by Gasteiger charge is -2.33. The molecular weight excluding hydrogens is 440 g/mol. The van der Waals surface area contributed by atoms with E-state index in [4.69, 9.17) is 13.9 Å². The van der Waals surface area contributed by atoms with Gasteiger partial charge in [-0.05, 0) is 36.6 Å². The Kier molecular flexibility index (Phi) is 6.61. The second kappa shape index (κ2) is 9.94. The van der Waals surface area contributed by atoms with E-state index >= 15 is 0 Å². The van der Waals surface area contributed by atoms with E-state index in [0.717, 1.165) is 61.3 Å². The van der Waals surface area contributed by atoms with Crippen molar-refractivity contribution in [1.82, 2.24) is 4.98 Å². The molecule has 0 atom stereocenters. The van der Waals surface area contributed by atoms with E-state index < -0.39 is 0 Å². The number of aryl methyl sites for hydroxylation is 1. The van der Waals surface area contributed by atoms with E-state index in [0.29, 0.717) is 30.6 Å². The topological polar surface area (TPSA) is 80.1 Å². The van der Waals surface area contributed by atoms with Crippen LogP contribution in [0.5, 0.6) is 0 Å². The van der Waals surface area contributed by atoms with Crippen LogP contribution < -0.4 is 15.1 Å². The van der Waals surface area contributed by atoms with Crippen LogP contribution in [0.1, 0.15) is 11.5 Å². The summed E-state index contributed by atoms with van der Waals surface area (Å²) in [5, 5.41) is 5.10. The van der Waals surface area contributed by atoms with Crippen LogP contribution in [0.15, 0.2) is 40.1 Å². The lowest BCUT2D eigenvalue weighted by atomic mass is 10.1. The number of carbonyl (C=O) groups excluding carboxylic acids is 1. The molecule has 1 N–H and O–H groups in total. The molecule has 0 bridgehead atoms. The van der Waals surface area contributed by atoms with Gasteiger partial charge in [-0.25, -0.2) is 4.98 Å². The minimum Gasteiger partial charge on any atom is -0.440 e. The number of nitrogens with zero attached hydrogens (tertiary/aromatic N) is 3. The van der Waals surface area contributed by atoms with E-state index in [9.17, 15) is 4.79 Å². The summed E-state index contributed by atoms with van der Waals surface area (Å²) in [6, 6.07) is 10.2. The Morgan fingerprint density at radius 3 is 2.48 bits per heavy atom. The summed E-state index contributed by atoms with van der Waals surface area (Å²) >= 11 is 1.57. The average molecular weight is 469 g/mol. The number of aromatic nitrogens is 1. The highest BCUT2D eigenvalue weighted by Gasteiger charge is 2.21. The molecule has 0 aliphatic carbocycles. The van der Waals surface area contributed by atoms with Gasteiger partial charge in [0.05, 0.1) is 54.8 Å². The summed E-state index contributed by atoms with van der Waals surface area (Å²) in [4.78, 5) is 23.1. The maximum atomic E-state index is 13.0. The first-order valence-electron chi connectivity index (χ1n) is 11.3. The van der Waals surface area contributed by atoms with E-state index in [-0.39, 0.29) is 12.3 Å². The zero-order chi connectivity index (χ0) is 22.6. The second-order valence-electron chi connectivity index (χ2n) is 8.12. The van der Waals surface area contributed by atoms with Crippen molar-refractivity contribution in [2.24, 2.45) is 0 Å². The molecule has 33 heavy (non-hydrogen) atoms. The Bertz CT molecular complexity index is 1090. The largest absolute Gasteiger partial charge is 0.440 e. The van der Waals surface area contributed by atoms with Gasteiger partial charge in [0.1, 0.15) is 5.76 Å². The minimum absolute atomic E-state index is 0.113. The Labute approximate surface area is 197 Å². The van der Waals surface area contributed by atoms with E-state index in [1.54, 1.807) is 11.3 Å². The number of benzene rings is 1. The molecule has 8 nitrogen and oxygen atoms in total. The van der Waals surface area contributed by atoms with Crippen LogP contribution in [0.4, 0.5) is 17.1 Å². The van der Waals surface area contributed by atoms with Crippen LogP contribution in [0.2, 0.25) is 0 Å². The van der Waals surface area contributed by atoms with Crippen LogP contribution in [0.25, 0.3) is 10.8 Å². The molecule has 1 amide bonds. The molecule has 2 saturated heterocycles. The lowest BCUT2D eigenvalue weighted by molar-refractivity contribution is -0.115. The lowest BCUT2D eigenvalue weighted by Crippen LogP contribution is -2.38. The number of amides is 1. The van der Waals surface area contributed by atoms with E-state index in [1.807, 2.05) is 30.5 Å². The SMILES string of the molecule is Cc1oc(-c2cccs2)nc1CC(=O)Nc1ccc(N2CCOCC2)cc1N1CCOCC1. The van der Waals surface area contributed by atoms with Crippen molar-refractivity contribution in [1.29, 1.82) is 0 Å². The summed E-state index contributed by atoms with van der Waals surface area (Å²) < 4.78 is 16.8. The van der Waals surface area contributed by atoms with Gasteiger partial charge in [0.2, 0.25) is 11.8 Å². The van der Waals surface area contributed by atoms with E-state index in [1.165, 1.54) is 0 Å². The molecule has 5 rings (SSSR count). The van der Waals surface area contributed by atoms with Crippen LogP contribution in [0.3, 0.4) is 0 Å². The highest BCUT2D eigenvalue weighted by Crippen LogP contribution is 2.33. The van der Waals surface area contributed by atoms with E-state index in [2.05, 4.69) is 32.2 Å². The number of anilines is 3. The molecule has 1 aromatic carbocycles. The van der Waals surface area contributed by atoms with Gasteiger partial charge in [0.25, 0.3) is 0 Å². The van der Waals surface area contributed by atoms with Crippen molar-refractivity contribution in [3.8, 4) is 10.8 Å². The fraction of sp³-hybridized carbons (Fsp3) is 0.417.